The molecule has 2 N–H and O–H groups in total. The van der Waals surface area contributed by atoms with E-state index in [-0.39, 0.29) is 11.9 Å². The lowest BCUT2D eigenvalue weighted by Gasteiger charge is -2.36. The van der Waals surface area contributed by atoms with Gasteiger partial charge in [0.15, 0.2) is 5.79 Å². The molecule has 1 aromatic rings. The van der Waals surface area contributed by atoms with Crippen molar-refractivity contribution in [3.8, 4) is 0 Å². The Bertz CT molecular complexity index is 395. The summed E-state index contributed by atoms with van der Waals surface area (Å²) in [7, 11) is 0. The average molecular weight is 247 g/mol. The van der Waals surface area contributed by atoms with Gasteiger partial charge >= 0.3 is 0 Å². The summed E-state index contributed by atoms with van der Waals surface area (Å²) in [5.41, 5.74) is 7.00. The van der Waals surface area contributed by atoms with Crippen molar-refractivity contribution >= 4 is 0 Å². The van der Waals surface area contributed by atoms with Crippen LogP contribution in [0.15, 0.2) is 30.3 Å². The molecule has 1 spiro atoms. The Kier molecular flexibility index (Phi) is 3.37. The van der Waals surface area contributed by atoms with Gasteiger partial charge in [-0.25, -0.2) is 0 Å². The molecule has 3 nitrogen and oxygen atoms in total. The standard InChI is InChI=1S/C15H21NO2/c16-10-12-5-4-8-15(9-12)17-11-14(18-15)13-6-2-1-3-7-13/h1-3,6-7,12,14H,4-5,8-11,16H2. The number of hydrogen-bond donors (Lipinski definition) is 1. The largest absolute Gasteiger partial charge is 0.347 e. The molecule has 1 saturated carbocycles. The van der Waals surface area contributed by atoms with E-state index in [2.05, 4.69) is 12.1 Å². The second-order valence-electron chi connectivity index (χ2n) is 5.44. The molecule has 0 aromatic heterocycles. The number of rotatable bonds is 2. The van der Waals surface area contributed by atoms with Crippen LogP contribution in [0.5, 0.6) is 0 Å². The molecule has 18 heavy (non-hydrogen) atoms. The van der Waals surface area contributed by atoms with Crippen LogP contribution in [0.1, 0.15) is 37.4 Å². The first-order valence-electron chi connectivity index (χ1n) is 6.88. The highest BCUT2D eigenvalue weighted by atomic mass is 16.7. The van der Waals surface area contributed by atoms with Gasteiger partial charge in [-0.2, -0.15) is 0 Å². The lowest BCUT2D eigenvalue weighted by atomic mass is 9.85. The molecule has 3 atom stereocenters. The van der Waals surface area contributed by atoms with E-state index in [9.17, 15) is 0 Å². The molecular weight excluding hydrogens is 226 g/mol. The molecule has 0 radical (unpaired) electrons. The highest BCUT2D eigenvalue weighted by molar-refractivity contribution is 5.18. The monoisotopic (exact) mass is 247 g/mol. The van der Waals surface area contributed by atoms with Crippen LogP contribution >= 0.6 is 0 Å². The van der Waals surface area contributed by atoms with Crippen molar-refractivity contribution < 1.29 is 9.47 Å². The molecule has 1 aliphatic carbocycles. The van der Waals surface area contributed by atoms with Gasteiger partial charge in [-0.1, -0.05) is 30.3 Å². The smallest absolute Gasteiger partial charge is 0.169 e. The molecule has 0 amide bonds. The number of hydrogen-bond acceptors (Lipinski definition) is 3. The van der Waals surface area contributed by atoms with Crippen LogP contribution in [-0.4, -0.2) is 18.9 Å². The van der Waals surface area contributed by atoms with Gasteiger partial charge in [0.2, 0.25) is 0 Å². The summed E-state index contributed by atoms with van der Waals surface area (Å²) in [4.78, 5) is 0. The number of benzene rings is 1. The maximum Gasteiger partial charge on any atom is 0.169 e. The highest BCUT2D eigenvalue weighted by Crippen LogP contribution is 2.44. The third-order valence-corrected chi connectivity index (χ3v) is 4.13. The first kappa shape index (κ1) is 12.2. The van der Waals surface area contributed by atoms with Crippen molar-refractivity contribution in [3.05, 3.63) is 35.9 Å². The van der Waals surface area contributed by atoms with E-state index in [1.807, 2.05) is 18.2 Å². The van der Waals surface area contributed by atoms with Crippen LogP contribution in [-0.2, 0) is 9.47 Å². The van der Waals surface area contributed by atoms with E-state index >= 15 is 0 Å². The van der Waals surface area contributed by atoms with E-state index in [1.54, 1.807) is 0 Å². The van der Waals surface area contributed by atoms with Gasteiger partial charge < -0.3 is 15.2 Å². The average Bonchev–Trinajstić information content (AvgIpc) is 2.83. The topological polar surface area (TPSA) is 44.5 Å². The molecule has 1 heterocycles. The molecule has 3 heteroatoms. The van der Waals surface area contributed by atoms with Gasteiger partial charge in [0.05, 0.1) is 6.61 Å². The van der Waals surface area contributed by atoms with Gasteiger partial charge in [-0.15, -0.1) is 0 Å². The summed E-state index contributed by atoms with van der Waals surface area (Å²) in [5, 5.41) is 0. The molecule has 3 unspecified atom stereocenters. The highest BCUT2D eigenvalue weighted by Gasteiger charge is 2.45. The van der Waals surface area contributed by atoms with Crippen molar-refractivity contribution in [2.24, 2.45) is 11.7 Å². The molecule has 98 valence electrons. The molecule has 2 fully saturated rings. The predicted octanol–water partition coefficient (Wildman–Crippen LogP) is 2.62. The SMILES string of the molecule is NCC1CCCC2(C1)OCC(c1ccccc1)O2. The summed E-state index contributed by atoms with van der Waals surface area (Å²) in [5.74, 6) is 0.191. The van der Waals surface area contributed by atoms with Crippen molar-refractivity contribution in [2.75, 3.05) is 13.2 Å². The van der Waals surface area contributed by atoms with E-state index in [0.29, 0.717) is 12.5 Å². The zero-order valence-corrected chi connectivity index (χ0v) is 10.7. The van der Waals surface area contributed by atoms with Gasteiger partial charge in [0, 0.05) is 12.8 Å². The molecule has 1 saturated heterocycles. The maximum absolute atomic E-state index is 6.23. The van der Waals surface area contributed by atoms with E-state index in [0.717, 1.165) is 25.8 Å². The Morgan fingerprint density at radius 2 is 2.11 bits per heavy atom. The maximum atomic E-state index is 6.23. The minimum atomic E-state index is -0.358. The zero-order chi connectivity index (χ0) is 12.4. The van der Waals surface area contributed by atoms with Crippen molar-refractivity contribution in [1.82, 2.24) is 0 Å². The Labute approximate surface area is 108 Å². The third-order valence-electron chi connectivity index (χ3n) is 4.13. The molecule has 0 bridgehead atoms. The number of ether oxygens (including phenoxy) is 2. The Balaban J connectivity index is 1.71. The predicted molar refractivity (Wildman–Crippen MR) is 70.0 cm³/mol. The minimum absolute atomic E-state index is 0.0859. The fraction of sp³-hybridized carbons (Fsp3) is 0.600. The molecular formula is C15H21NO2. The van der Waals surface area contributed by atoms with Crippen molar-refractivity contribution in [2.45, 2.75) is 37.6 Å². The Morgan fingerprint density at radius 1 is 1.28 bits per heavy atom. The van der Waals surface area contributed by atoms with Crippen LogP contribution in [0.3, 0.4) is 0 Å². The quantitative estimate of drug-likeness (QED) is 0.873. The van der Waals surface area contributed by atoms with Crippen molar-refractivity contribution in [1.29, 1.82) is 0 Å². The van der Waals surface area contributed by atoms with Gasteiger partial charge in [-0.05, 0) is 30.9 Å². The van der Waals surface area contributed by atoms with Crippen LogP contribution < -0.4 is 5.73 Å². The fourth-order valence-corrected chi connectivity index (χ4v) is 3.13. The summed E-state index contributed by atoms with van der Waals surface area (Å²) in [6, 6.07) is 10.3. The summed E-state index contributed by atoms with van der Waals surface area (Å²) in [6.45, 7) is 1.41. The molecule has 1 aromatic carbocycles. The van der Waals surface area contributed by atoms with Gasteiger partial charge in [-0.3, -0.25) is 0 Å². The van der Waals surface area contributed by atoms with E-state index < -0.39 is 0 Å². The van der Waals surface area contributed by atoms with Crippen LogP contribution in [0.25, 0.3) is 0 Å². The van der Waals surface area contributed by atoms with Gasteiger partial charge in [0.25, 0.3) is 0 Å². The molecule has 3 rings (SSSR count). The fourth-order valence-electron chi connectivity index (χ4n) is 3.13. The number of nitrogens with two attached hydrogens (primary N) is 1. The Morgan fingerprint density at radius 3 is 2.89 bits per heavy atom. The Hall–Kier alpha value is -0.900. The van der Waals surface area contributed by atoms with Crippen LogP contribution in [0.4, 0.5) is 0 Å². The van der Waals surface area contributed by atoms with Crippen LogP contribution in [0.2, 0.25) is 0 Å². The summed E-state index contributed by atoms with van der Waals surface area (Å²) < 4.78 is 12.2. The normalized spacial score (nSPS) is 36.1. The van der Waals surface area contributed by atoms with E-state index in [1.165, 1.54) is 12.0 Å². The lowest BCUT2D eigenvalue weighted by Crippen LogP contribution is -2.38. The minimum Gasteiger partial charge on any atom is -0.347 e. The molecule has 2 aliphatic rings. The third kappa shape index (κ3) is 2.30. The zero-order valence-electron chi connectivity index (χ0n) is 10.7. The van der Waals surface area contributed by atoms with Crippen LogP contribution in [0, 0.1) is 5.92 Å². The summed E-state index contributed by atoms with van der Waals surface area (Å²) >= 11 is 0. The first-order valence-corrected chi connectivity index (χ1v) is 6.88. The van der Waals surface area contributed by atoms with Gasteiger partial charge in [0.1, 0.15) is 6.10 Å². The first-order chi connectivity index (χ1) is 8.81. The molecule has 1 aliphatic heterocycles. The second-order valence-corrected chi connectivity index (χ2v) is 5.44. The second kappa shape index (κ2) is 5.00. The summed E-state index contributed by atoms with van der Waals surface area (Å²) in [6.07, 6.45) is 4.41. The van der Waals surface area contributed by atoms with E-state index in [4.69, 9.17) is 15.2 Å². The lowest BCUT2D eigenvalue weighted by molar-refractivity contribution is -0.196. The van der Waals surface area contributed by atoms with Crippen molar-refractivity contribution in [3.63, 3.8) is 0 Å².